The van der Waals surface area contributed by atoms with Crippen LogP contribution in [0.4, 0.5) is 11.4 Å². The number of allylic oxidation sites excluding steroid dienone is 1. The molecule has 7 N–H and O–H groups in total. The number of fused-ring (bicyclic) bond motifs is 3. The number of anilines is 2. The van der Waals surface area contributed by atoms with Crippen LogP contribution in [0.2, 0.25) is 0 Å². The van der Waals surface area contributed by atoms with E-state index in [1.165, 1.54) is 5.69 Å². The molecule has 1 aromatic carbocycles. The summed E-state index contributed by atoms with van der Waals surface area (Å²) in [6.07, 6.45) is 8.57. The van der Waals surface area contributed by atoms with Crippen molar-refractivity contribution in [3.63, 3.8) is 0 Å². The summed E-state index contributed by atoms with van der Waals surface area (Å²) in [5.74, 6) is 0.0971. The minimum absolute atomic E-state index is 0.0305. The third kappa shape index (κ3) is 6.26. The van der Waals surface area contributed by atoms with Crippen molar-refractivity contribution >= 4 is 23.2 Å². The van der Waals surface area contributed by atoms with Gasteiger partial charge < -0.3 is 37.2 Å². The Kier molecular flexibility index (Phi) is 9.17. The van der Waals surface area contributed by atoms with E-state index in [9.17, 15) is 9.59 Å². The molecule has 0 radical (unpaired) electrons. The van der Waals surface area contributed by atoms with Crippen LogP contribution < -0.4 is 32.3 Å². The van der Waals surface area contributed by atoms with E-state index in [1.54, 1.807) is 13.1 Å². The van der Waals surface area contributed by atoms with Crippen molar-refractivity contribution < 1.29 is 9.59 Å². The first-order chi connectivity index (χ1) is 24.2. The van der Waals surface area contributed by atoms with Crippen LogP contribution in [-0.2, 0) is 4.79 Å². The minimum atomic E-state index is -0.314. The number of aromatic nitrogens is 3. The van der Waals surface area contributed by atoms with Gasteiger partial charge in [-0.15, -0.1) is 0 Å². The number of nitrogens with zero attached hydrogens (tertiary/aromatic N) is 6. The summed E-state index contributed by atoms with van der Waals surface area (Å²) < 4.78 is 2.22. The quantitative estimate of drug-likeness (QED) is 0.150. The molecule has 2 saturated heterocycles. The third-order valence-electron chi connectivity index (χ3n) is 10.6. The molecule has 5 heterocycles. The first kappa shape index (κ1) is 33.5. The molecule has 1 aliphatic carbocycles. The van der Waals surface area contributed by atoms with Crippen LogP contribution in [-0.4, -0.2) is 82.7 Å². The fourth-order valence-electron chi connectivity index (χ4n) is 7.45. The molecule has 50 heavy (non-hydrogen) atoms. The van der Waals surface area contributed by atoms with Gasteiger partial charge in [-0.1, -0.05) is 25.1 Å². The molecule has 2 atom stereocenters. The lowest BCUT2D eigenvalue weighted by molar-refractivity contribution is -0.117. The maximum absolute atomic E-state index is 13.0. The number of nitrogens with one attached hydrogen (secondary N) is 3. The zero-order chi connectivity index (χ0) is 35.1. The SMILES string of the molecule is CCC1c2c(cnn2C2CN(C(C)c3cccc(C(=O)N4CCCC4)n3)C2)-c2cccc(NC(/C=C(\N)NC)=C(/N)C(=O)NC3CC3)c2N1C. The Morgan fingerprint density at radius 2 is 1.80 bits per heavy atom. The molecule has 4 aliphatic rings. The van der Waals surface area contributed by atoms with Crippen molar-refractivity contribution in [1.82, 2.24) is 35.2 Å². The second kappa shape index (κ2) is 13.7. The molecule has 2 amide bonds. The van der Waals surface area contributed by atoms with Crippen LogP contribution in [0.3, 0.4) is 0 Å². The van der Waals surface area contributed by atoms with Crippen LogP contribution in [0.1, 0.15) is 86.0 Å². The molecule has 13 heteroatoms. The lowest BCUT2D eigenvalue weighted by atomic mass is 9.91. The van der Waals surface area contributed by atoms with Gasteiger partial charge in [0.1, 0.15) is 11.4 Å². The molecule has 0 bridgehead atoms. The van der Waals surface area contributed by atoms with Crippen molar-refractivity contribution in [2.45, 2.75) is 70.1 Å². The van der Waals surface area contributed by atoms with Gasteiger partial charge in [-0.25, -0.2) is 4.98 Å². The Bertz CT molecular complexity index is 1830. The topological polar surface area (TPSA) is 163 Å². The largest absolute Gasteiger partial charge is 0.393 e. The summed E-state index contributed by atoms with van der Waals surface area (Å²) in [6, 6.07) is 12.5. The highest BCUT2D eigenvalue weighted by Crippen LogP contribution is 2.50. The van der Waals surface area contributed by atoms with E-state index in [4.69, 9.17) is 21.5 Å². The van der Waals surface area contributed by atoms with Crippen LogP contribution in [0, 0.1) is 0 Å². The fraction of sp³-hybridized carbons (Fsp3) is 0.459. The van der Waals surface area contributed by atoms with Gasteiger partial charge in [0.25, 0.3) is 11.8 Å². The van der Waals surface area contributed by atoms with Gasteiger partial charge in [-0.3, -0.25) is 19.2 Å². The monoisotopic (exact) mass is 679 g/mol. The number of carbonyl (C=O) groups excluding carboxylic acids is 2. The van der Waals surface area contributed by atoms with E-state index in [0.29, 0.717) is 17.2 Å². The fourth-order valence-corrected chi connectivity index (χ4v) is 7.45. The van der Waals surface area contributed by atoms with Crippen LogP contribution in [0.5, 0.6) is 0 Å². The Labute approximate surface area is 293 Å². The average Bonchev–Trinajstić information content (AvgIpc) is 3.55. The molecule has 3 aliphatic heterocycles. The number of rotatable bonds is 11. The van der Waals surface area contributed by atoms with E-state index in [2.05, 4.69) is 57.4 Å². The number of carbonyl (C=O) groups is 2. The highest BCUT2D eigenvalue weighted by atomic mass is 16.2. The molecule has 1 saturated carbocycles. The van der Waals surface area contributed by atoms with Gasteiger partial charge in [-0.05, 0) is 57.2 Å². The number of pyridine rings is 1. The Morgan fingerprint density at radius 1 is 1.06 bits per heavy atom. The molecule has 3 aromatic rings. The Morgan fingerprint density at radius 3 is 2.50 bits per heavy atom. The summed E-state index contributed by atoms with van der Waals surface area (Å²) in [7, 11) is 3.84. The summed E-state index contributed by atoms with van der Waals surface area (Å²) >= 11 is 0. The predicted octanol–water partition coefficient (Wildman–Crippen LogP) is 3.58. The molecule has 2 aromatic heterocycles. The summed E-state index contributed by atoms with van der Waals surface area (Å²) in [5, 5.41) is 14.3. The number of hydrogen-bond acceptors (Lipinski definition) is 10. The summed E-state index contributed by atoms with van der Waals surface area (Å²) in [5.41, 5.74) is 19.7. The molecule has 0 spiro atoms. The molecular formula is C37H49N11O2. The molecule has 3 fully saturated rings. The third-order valence-corrected chi connectivity index (χ3v) is 10.6. The number of amides is 2. The van der Waals surface area contributed by atoms with E-state index in [0.717, 1.165) is 86.5 Å². The van der Waals surface area contributed by atoms with Crippen molar-refractivity contribution in [3.8, 4) is 11.1 Å². The van der Waals surface area contributed by atoms with E-state index in [-0.39, 0.29) is 41.7 Å². The van der Waals surface area contributed by atoms with E-state index in [1.807, 2.05) is 41.4 Å². The molecule has 13 nitrogen and oxygen atoms in total. The van der Waals surface area contributed by atoms with Crippen molar-refractivity contribution in [3.05, 3.63) is 83.0 Å². The van der Waals surface area contributed by atoms with E-state index >= 15 is 0 Å². The van der Waals surface area contributed by atoms with Gasteiger partial charge in [0.2, 0.25) is 0 Å². The molecule has 7 rings (SSSR count). The van der Waals surface area contributed by atoms with Crippen LogP contribution >= 0.6 is 0 Å². The zero-order valence-electron chi connectivity index (χ0n) is 29.4. The second-order valence-corrected chi connectivity index (χ2v) is 13.9. The normalized spacial score (nSPS) is 20.4. The second-order valence-electron chi connectivity index (χ2n) is 13.9. The highest BCUT2D eigenvalue weighted by molar-refractivity contribution is 5.96. The average molecular weight is 680 g/mol. The summed E-state index contributed by atoms with van der Waals surface area (Å²) in [6.45, 7) is 7.67. The maximum Gasteiger partial charge on any atom is 0.272 e. The van der Waals surface area contributed by atoms with Crippen LogP contribution in [0.15, 0.2) is 65.9 Å². The maximum atomic E-state index is 13.0. The standard InChI is InChI=1S/C37H49N11O2/c1-5-31-35-26(19-41-48(35)24-20-47(21-24)22(2)27-11-9-13-29(43-27)37(50)46-16-6-7-17-46)25-10-8-12-28(34(25)45(31)4)44-30(18-32(38)40-3)33(39)36(49)42-23-14-15-23/h8-13,18-19,22-24,31,40,44H,5-7,14-17,20-21,38-39H2,1-4H3,(H,42,49)/b32-18+,33-30+. The van der Waals surface area contributed by atoms with Crippen LogP contribution in [0.25, 0.3) is 11.1 Å². The first-order valence-corrected chi connectivity index (χ1v) is 17.8. The van der Waals surface area contributed by atoms with Crippen molar-refractivity contribution in [2.24, 2.45) is 11.5 Å². The molecule has 264 valence electrons. The lowest BCUT2D eigenvalue weighted by Gasteiger charge is -2.45. The van der Waals surface area contributed by atoms with Crippen molar-refractivity contribution in [1.29, 1.82) is 0 Å². The van der Waals surface area contributed by atoms with Gasteiger partial charge in [0, 0.05) is 69.6 Å². The Balaban J connectivity index is 1.13. The predicted molar refractivity (Wildman–Crippen MR) is 195 cm³/mol. The number of hydrogen-bond donors (Lipinski definition) is 5. The minimum Gasteiger partial charge on any atom is -0.393 e. The first-order valence-electron chi connectivity index (χ1n) is 17.8. The van der Waals surface area contributed by atoms with Crippen molar-refractivity contribution in [2.75, 3.05) is 50.5 Å². The molecule has 2 unspecified atom stereocenters. The lowest BCUT2D eigenvalue weighted by Crippen LogP contribution is -2.50. The number of para-hydroxylation sites is 1. The van der Waals surface area contributed by atoms with Gasteiger partial charge >= 0.3 is 0 Å². The number of benzene rings is 1. The van der Waals surface area contributed by atoms with Gasteiger partial charge in [0.15, 0.2) is 0 Å². The zero-order valence-corrected chi connectivity index (χ0v) is 29.4. The number of likely N-dealkylation sites (tertiary alicyclic amines) is 2. The van der Waals surface area contributed by atoms with E-state index < -0.39 is 0 Å². The highest BCUT2D eigenvalue weighted by Gasteiger charge is 2.40. The Hall–Kier alpha value is -5.04. The molecular weight excluding hydrogens is 630 g/mol. The smallest absolute Gasteiger partial charge is 0.272 e. The number of nitrogens with two attached hydrogens (primary N) is 2. The van der Waals surface area contributed by atoms with Gasteiger partial charge in [0.05, 0.1) is 52.6 Å². The summed E-state index contributed by atoms with van der Waals surface area (Å²) in [4.78, 5) is 37.4. The van der Waals surface area contributed by atoms with Gasteiger partial charge in [-0.2, -0.15) is 5.10 Å².